The molecule has 0 saturated carbocycles. The molecular formula is C27H23NO6S. The Bertz CT molecular complexity index is 1640. The fraction of sp³-hybridized carbons (Fsp3) is 0.185. The molecule has 8 heteroatoms. The van der Waals surface area contributed by atoms with Crippen LogP contribution >= 0.6 is 0 Å². The van der Waals surface area contributed by atoms with Crippen molar-refractivity contribution in [2.75, 3.05) is 10.8 Å². The van der Waals surface area contributed by atoms with Gasteiger partial charge in [-0.3, -0.25) is 4.31 Å². The zero-order chi connectivity index (χ0) is 24.7. The van der Waals surface area contributed by atoms with Crippen LogP contribution in [-0.4, -0.2) is 20.9 Å². The molecular weight excluding hydrogens is 466 g/mol. The molecule has 2 heterocycles. The number of esters is 1. The number of para-hydroxylation sites is 1. The zero-order valence-electron chi connectivity index (χ0n) is 19.3. The number of carbonyl (C=O) groups is 1. The molecule has 3 aromatic carbocycles. The number of hydrogen-bond acceptors (Lipinski definition) is 6. The van der Waals surface area contributed by atoms with Crippen LogP contribution in [0.25, 0.3) is 11.0 Å². The lowest BCUT2D eigenvalue weighted by atomic mass is 10.0. The first-order valence-corrected chi connectivity index (χ1v) is 12.6. The van der Waals surface area contributed by atoms with Gasteiger partial charge in [-0.15, -0.1) is 0 Å². The van der Waals surface area contributed by atoms with Crippen molar-refractivity contribution >= 4 is 32.6 Å². The Kier molecular flexibility index (Phi) is 5.68. The Hall–Kier alpha value is -3.91. The van der Waals surface area contributed by atoms with Crippen LogP contribution in [0.5, 0.6) is 0 Å². The Balaban J connectivity index is 1.40. The van der Waals surface area contributed by atoms with Gasteiger partial charge < -0.3 is 9.15 Å². The second kappa shape index (κ2) is 8.70. The number of hydrogen-bond donors (Lipinski definition) is 0. The Labute approximate surface area is 202 Å². The molecule has 0 spiro atoms. The minimum absolute atomic E-state index is 0.0144. The number of aryl methyl sites for hydroxylation is 2. The summed E-state index contributed by atoms with van der Waals surface area (Å²) in [4.78, 5) is 24.9. The van der Waals surface area contributed by atoms with Gasteiger partial charge in [-0.05, 0) is 61.2 Å². The van der Waals surface area contributed by atoms with Crippen LogP contribution in [0.15, 0.2) is 80.8 Å². The average molecular weight is 490 g/mol. The molecule has 7 nitrogen and oxygen atoms in total. The van der Waals surface area contributed by atoms with Gasteiger partial charge in [0.2, 0.25) is 0 Å². The Morgan fingerprint density at radius 1 is 1.03 bits per heavy atom. The number of nitrogens with zero attached hydrogens (tertiary/aromatic N) is 1. The van der Waals surface area contributed by atoms with E-state index in [1.807, 2.05) is 38.1 Å². The fourth-order valence-corrected chi connectivity index (χ4v) is 5.89. The molecule has 0 amide bonds. The largest absolute Gasteiger partial charge is 0.457 e. The van der Waals surface area contributed by atoms with Crippen molar-refractivity contribution in [1.29, 1.82) is 0 Å². The van der Waals surface area contributed by atoms with Gasteiger partial charge >= 0.3 is 11.6 Å². The third-order valence-corrected chi connectivity index (χ3v) is 8.19. The lowest BCUT2D eigenvalue weighted by molar-refractivity contribution is 0.0473. The zero-order valence-corrected chi connectivity index (χ0v) is 20.1. The van der Waals surface area contributed by atoms with E-state index >= 15 is 0 Å². The molecule has 1 aliphatic rings. The molecule has 0 radical (unpaired) electrons. The number of rotatable bonds is 5. The molecule has 5 rings (SSSR count). The van der Waals surface area contributed by atoms with Crippen LogP contribution in [0.2, 0.25) is 0 Å². The highest BCUT2D eigenvalue weighted by Gasteiger charge is 2.31. The number of sulfonamides is 1. The smallest absolute Gasteiger partial charge is 0.338 e. The predicted octanol–water partition coefficient (Wildman–Crippen LogP) is 4.52. The molecule has 0 fully saturated rings. The van der Waals surface area contributed by atoms with E-state index in [-0.39, 0.29) is 17.1 Å². The van der Waals surface area contributed by atoms with Gasteiger partial charge in [0.15, 0.2) is 0 Å². The highest BCUT2D eigenvalue weighted by Crippen LogP contribution is 2.33. The van der Waals surface area contributed by atoms with Gasteiger partial charge in [-0.1, -0.05) is 36.4 Å². The van der Waals surface area contributed by atoms with E-state index in [2.05, 4.69) is 0 Å². The van der Waals surface area contributed by atoms with E-state index in [0.29, 0.717) is 35.2 Å². The van der Waals surface area contributed by atoms with Crippen LogP contribution in [0, 0.1) is 13.8 Å². The van der Waals surface area contributed by atoms with Crippen LogP contribution < -0.4 is 9.93 Å². The molecule has 0 atom stereocenters. The van der Waals surface area contributed by atoms with E-state index in [1.165, 1.54) is 34.6 Å². The first kappa shape index (κ1) is 22.9. The molecule has 1 aliphatic heterocycles. The summed E-state index contributed by atoms with van der Waals surface area (Å²) in [6, 6.07) is 18.2. The summed E-state index contributed by atoms with van der Waals surface area (Å²) in [7, 11) is -3.85. The highest BCUT2D eigenvalue weighted by molar-refractivity contribution is 7.92. The molecule has 35 heavy (non-hydrogen) atoms. The number of carbonyl (C=O) groups excluding carboxylic acids is 1. The third-order valence-electron chi connectivity index (χ3n) is 6.38. The van der Waals surface area contributed by atoms with Crippen LogP contribution in [0.3, 0.4) is 0 Å². The van der Waals surface area contributed by atoms with E-state index in [4.69, 9.17) is 9.15 Å². The summed E-state index contributed by atoms with van der Waals surface area (Å²) in [5.74, 6) is -0.686. The van der Waals surface area contributed by atoms with Gasteiger partial charge in [0, 0.05) is 23.6 Å². The molecule has 178 valence electrons. The minimum Gasteiger partial charge on any atom is -0.457 e. The average Bonchev–Trinajstić information content (AvgIpc) is 3.30. The number of fused-ring (bicyclic) bond motifs is 2. The summed E-state index contributed by atoms with van der Waals surface area (Å²) in [5, 5.41) is 0.685. The predicted molar refractivity (Wildman–Crippen MR) is 132 cm³/mol. The van der Waals surface area contributed by atoms with Crippen LogP contribution in [-0.2, 0) is 27.8 Å². The number of benzene rings is 3. The maximum atomic E-state index is 13.3. The van der Waals surface area contributed by atoms with Crippen molar-refractivity contribution in [3.63, 3.8) is 0 Å². The van der Waals surface area contributed by atoms with E-state index in [9.17, 15) is 18.0 Å². The summed E-state index contributed by atoms with van der Waals surface area (Å²) < 4.78 is 38.8. The highest BCUT2D eigenvalue weighted by atomic mass is 32.2. The minimum atomic E-state index is -3.85. The van der Waals surface area contributed by atoms with Crippen molar-refractivity contribution in [3.05, 3.63) is 105 Å². The van der Waals surface area contributed by atoms with Crippen molar-refractivity contribution in [2.24, 2.45) is 0 Å². The number of anilines is 1. The number of ether oxygens (including phenoxy) is 1. The second-order valence-electron chi connectivity index (χ2n) is 8.53. The lowest BCUT2D eigenvalue weighted by Crippen LogP contribution is -2.29. The third kappa shape index (κ3) is 4.10. The summed E-state index contributed by atoms with van der Waals surface area (Å²) in [6.07, 6.45) is 0.634. The maximum absolute atomic E-state index is 13.3. The van der Waals surface area contributed by atoms with Gasteiger partial charge in [-0.2, -0.15) is 0 Å². The first-order valence-electron chi connectivity index (χ1n) is 11.2. The molecule has 0 N–H and O–H groups in total. The van der Waals surface area contributed by atoms with Gasteiger partial charge in [0.1, 0.15) is 12.2 Å². The first-order chi connectivity index (χ1) is 16.8. The fourth-order valence-electron chi connectivity index (χ4n) is 4.34. The van der Waals surface area contributed by atoms with Crippen molar-refractivity contribution < 1.29 is 22.4 Å². The van der Waals surface area contributed by atoms with Crippen molar-refractivity contribution in [2.45, 2.75) is 31.8 Å². The van der Waals surface area contributed by atoms with Crippen molar-refractivity contribution in [1.82, 2.24) is 0 Å². The topological polar surface area (TPSA) is 93.9 Å². The van der Waals surface area contributed by atoms with E-state index < -0.39 is 21.6 Å². The standard InChI is InChI=1S/C27H23NO6S/c1-17-10-11-23-21(15-25(29)34-26(23)18(17)2)16-33-27(30)20-7-5-8-22(14-20)35(31,32)28-13-12-19-6-3-4-9-24(19)28/h3-11,14-15H,12-13,16H2,1-2H3. The van der Waals surface area contributed by atoms with E-state index in [0.717, 1.165) is 16.7 Å². The summed E-state index contributed by atoms with van der Waals surface area (Å²) in [5.41, 5.74) is 4.00. The quantitative estimate of drug-likeness (QED) is 0.302. The Morgan fingerprint density at radius 3 is 2.66 bits per heavy atom. The summed E-state index contributed by atoms with van der Waals surface area (Å²) in [6.45, 7) is 3.98. The molecule has 1 aromatic heterocycles. The monoisotopic (exact) mass is 489 g/mol. The normalized spacial score (nSPS) is 13.1. The maximum Gasteiger partial charge on any atom is 0.338 e. The molecule has 4 aromatic rings. The second-order valence-corrected chi connectivity index (χ2v) is 10.4. The van der Waals surface area contributed by atoms with E-state index in [1.54, 1.807) is 12.1 Å². The van der Waals surface area contributed by atoms with Gasteiger partial charge in [-0.25, -0.2) is 18.0 Å². The molecule has 0 bridgehead atoms. The van der Waals surface area contributed by atoms with Gasteiger partial charge in [0.05, 0.1) is 16.1 Å². The van der Waals surface area contributed by atoms with Crippen LogP contribution in [0.1, 0.15) is 32.6 Å². The summed E-state index contributed by atoms with van der Waals surface area (Å²) >= 11 is 0. The Morgan fingerprint density at radius 2 is 1.83 bits per heavy atom. The van der Waals surface area contributed by atoms with Crippen LogP contribution in [0.4, 0.5) is 5.69 Å². The molecule has 0 aliphatic carbocycles. The van der Waals surface area contributed by atoms with Gasteiger partial charge in [0.25, 0.3) is 10.0 Å². The lowest BCUT2D eigenvalue weighted by Gasteiger charge is -2.19. The SMILES string of the molecule is Cc1ccc2c(COC(=O)c3cccc(S(=O)(=O)N4CCc5ccccc54)c3)cc(=O)oc2c1C. The molecule has 0 unspecified atom stereocenters. The molecule has 0 saturated heterocycles. The van der Waals surface area contributed by atoms with Crippen molar-refractivity contribution in [3.8, 4) is 0 Å².